The van der Waals surface area contributed by atoms with Gasteiger partial charge in [0.25, 0.3) is 5.91 Å². The Balaban J connectivity index is 2.16. The number of carbonyl (C=O) groups excluding carboxylic acids is 1. The van der Waals surface area contributed by atoms with Crippen molar-refractivity contribution in [3.05, 3.63) is 53.9 Å². The van der Waals surface area contributed by atoms with Gasteiger partial charge in [-0.2, -0.15) is 5.10 Å². The van der Waals surface area contributed by atoms with Crippen molar-refractivity contribution in [2.45, 2.75) is 45.4 Å². The van der Waals surface area contributed by atoms with Gasteiger partial charge >= 0.3 is 0 Å². The molecule has 1 amide bonds. The summed E-state index contributed by atoms with van der Waals surface area (Å²) < 4.78 is 7.72. The van der Waals surface area contributed by atoms with Crippen LogP contribution in [0, 0.1) is 0 Å². The molecule has 0 spiro atoms. The van der Waals surface area contributed by atoms with E-state index in [0.717, 1.165) is 11.1 Å². The van der Waals surface area contributed by atoms with E-state index >= 15 is 0 Å². The molecule has 5 nitrogen and oxygen atoms in total. The molecule has 1 N–H and O–H groups in total. The Kier molecular flexibility index (Phi) is 5.21. The molecule has 0 bridgehead atoms. The second-order valence-electron chi connectivity index (χ2n) is 6.70. The highest BCUT2D eigenvalue weighted by Gasteiger charge is 2.28. The lowest BCUT2D eigenvalue weighted by atomic mass is 10.1. The van der Waals surface area contributed by atoms with Gasteiger partial charge in [-0.3, -0.25) is 9.48 Å². The number of benzene rings is 1. The molecule has 2 atom stereocenters. The lowest BCUT2D eigenvalue weighted by Gasteiger charge is -2.28. The monoisotopic (exact) mass is 315 g/mol. The molecule has 2 unspecified atom stereocenters. The fraction of sp³-hybridized carbons (Fsp3) is 0.444. The molecular weight excluding hydrogens is 290 g/mol. The highest BCUT2D eigenvalue weighted by Crippen LogP contribution is 2.25. The van der Waals surface area contributed by atoms with Crippen molar-refractivity contribution >= 4 is 5.91 Å². The zero-order valence-electron chi connectivity index (χ0n) is 14.4. The van der Waals surface area contributed by atoms with Gasteiger partial charge in [0.1, 0.15) is 0 Å². The summed E-state index contributed by atoms with van der Waals surface area (Å²) in [4.78, 5) is 12.7. The third-order valence-electron chi connectivity index (χ3n) is 3.40. The van der Waals surface area contributed by atoms with E-state index in [1.54, 1.807) is 10.9 Å². The number of hydrogen-bond donors (Lipinski definition) is 1. The third-order valence-corrected chi connectivity index (χ3v) is 3.40. The topological polar surface area (TPSA) is 56.1 Å². The van der Waals surface area contributed by atoms with Crippen LogP contribution in [-0.2, 0) is 16.6 Å². The van der Waals surface area contributed by atoms with Crippen molar-refractivity contribution in [2.24, 2.45) is 7.05 Å². The predicted octanol–water partition coefficient (Wildman–Crippen LogP) is 3.15. The lowest BCUT2D eigenvalue weighted by molar-refractivity contribution is -0.144. The van der Waals surface area contributed by atoms with Crippen LogP contribution in [0.2, 0.25) is 0 Å². The van der Waals surface area contributed by atoms with Crippen LogP contribution in [0.15, 0.2) is 42.7 Å². The number of carbonyl (C=O) groups is 1. The normalized spacial score (nSPS) is 14.3. The van der Waals surface area contributed by atoms with Crippen LogP contribution < -0.4 is 5.32 Å². The molecule has 0 aliphatic rings. The smallest absolute Gasteiger partial charge is 0.254 e. The van der Waals surface area contributed by atoms with Crippen LogP contribution in [0.3, 0.4) is 0 Å². The van der Waals surface area contributed by atoms with Crippen molar-refractivity contribution < 1.29 is 9.53 Å². The van der Waals surface area contributed by atoms with Crippen LogP contribution in [0.1, 0.15) is 51.0 Å². The van der Waals surface area contributed by atoms with Gasteiger partial charge in [0, 0.05) is 18.8 Å². The lowest BCUT2D eigenvalue weighted by Crippen LogP contribution is -2.36. The standard InChI is InChI=1S/C18H25N3O2/c1-13(15-11-19-21(5)12-15)20-17(22)16(23-18(2,3)4)14-9-7-6-8-10-14/h6-13,16H,1-5H3,(H,20,22). The van der Waals surface area contributed by atoms with Crippen LogP contribution in [-0.4, -0.2) is 21.3 Å². The van der Waals surface area contributed by atoms with Gasteiger partial charge in [0.05, 0.1) is 17.8 Å². The minimum absolute atomic E-state index is 0.133. The van der Waals surface area contributed by atoms with E-state index in [1.807, 2.05) is 71.3 Å². The minimum Gasteiger partial charge on any atom is -0.358 e. The molecule has 0 aliphatic carbocycles. The third kappa shape index (κ3) is 4.93. The largest absolute Gasteiger partial charge is 0.358 e. The van der Waals surface area contributed by atoms with Crippen LogP contribution in [0.4, 0.5) is 0 Å². The molecule has 2 rings (SSSR count). The Hall–Kier alpha value is -2.14. The Morgan fingerprint density at radius 3 is 2.39 bits per heavy atom. The fourth-order valence-corrected chi connectivity index (χ4v) is 2.29. The Bertz CT molecular complexity index is 644. The van der Waals surface area contributed by atoms with E-state index in [9.17, 15) is 4.79 Å². The number of nitrogens with zero attached hydrogens (tertiary/aromatic N) is 2. The summed E-state index contributed by atoms with van der Waals surface area (Å²) in [5, 5.41) is 7.15. The second-order valence-corrected chi connectivity index (χ2v) is 6.70. The molecule has 0 radical (unpaired) electrons. The maximum atomic E-state index is 12.7. The average molecular weight is 315 g/mol. The van der Waals surface area contributed by atoms with E-state index < -0.39 is 11.7 Å². The van der Waals surface area contributed by atoms with Gasteiger partial charge < -0.3 is 10.1 Å². The van der Waals surface area contributed by atoms with Crippen LogP contribution >= 0.6 is 0 Å². The fourth-order valence-electron chi connectivity index (χ4n) is 2.29. The van der Waals surface area contributed by atoms with Gasteiger partial charge in [-0.1, -0.05) is 30.3 Å². The SMILES string of the molecule is CC(NC(=O)C(OC(C)(C)C)c1ccccc1)c1cnn(C)c1. The van der Waals surface area contributed by atoms with Crippen LogP contribution in [0.25, 0.3) is 0 Å². The summed E-state index contributed by atoms with van der Waals surface area (Å²) in [6.45, 7) is 7.77. The van der Waals surface area contributed by atoms with Crippen molar-refractivity contribution in [2.75, 3.05) is 0 Å². The first-order valence-electron chi connectivity index (χ1n) is 7.78. The van der Waals surface area contributed by atoms with Gasteiger partial charge in [-0.05, 0) is 33.3 Å². The predicted molar refractivity (Wildman–Crippen MR) is 89.8 cm³/mol. The Morgan fingerprint density at radius 2 is 1.87 bits per heavy atom. The van der Waals surface area contributed by atoms with Gasteiger partial charge in [-0.25, -0.2) is 0 Å². The molecule has 1 heterocycles. The minimum atomic E-state index is -0.643. The zero-order chi connectivity index (χ0) is 17.0. The molecule has 5 heteroatoms. The van der Waals surface area contributed by atoms with E-state index in [0.29, 0.717) is 0 Å². The maximum absolute atomic E-state index is 12.7. The first kappa shape index (κ1) is 17.2. The summed E-state index contributed by atoms with van der Waals surface area (Å²) in [7, 11) is 1.85. The van der Waals surface area contributed by atoms with Crippen LogP contribution in [0.5, 0.6) is 0 Å². The number of hydrogen-bond acceptors (Lipinski definition) is 3. The first-order chi connectivity index (χ1) is 10.8. The van der Waals surface area contributed by atoms with Gasteiger partial charge in [-0.15, -0.1) is 0 Å². The van der Waals surface area contributed by atoms with Crippen molar-refractivity contribution in [1.82, 2.24) is 15.1 Å². The highest BCUT2D eigenvalue weighted by molar-refractivity contribution is 5.82. The average Bonchev–Trinajstić information content (AvgIpc) is 2.91. The Morgan fingerprint density at radius 1 is 1.22 bits per heavy atom. The highest BCUT2D eigenvalue weighted by atomic mass is 16.5. The Labute approximate surface area is 137 Å². The zero-order valence-corrected chi connectivity index (χ0v) is 14.4. The summed E-state index contributed by atoms with van der Waals surface area (Å²) in [5.41, 5.74) is 1.39. The molecule has 1 aromatic carbocycles. The van der Waals surface area contributed by atoms with E-state index in [-0.39, 0.29) is 11.9 Å². The summed E-state index contributed by atoms with van der Waals surface area (Å²) in [6, 6.07) is 9.42. The molecule has 0 aliphatic heterocycles. The molecule has 23 heavy (non-hydrogen) atoms. The molecule has 124 valence electrons. The van der Waals surface area contributed by atoms with E-state index in [4.69, 9.17) is 4.74 Å². The summed E-state index contributed by atoms with van der Waals surface area (Å²) in [5.74, 6) is -0.150. The van der Waals surface area contributed by atoms with Crippen molar-refractivity contribution in [1.29, 1.82) is 0 Å². The summed E-state index contributed by atoms with van der Waals surface area (Å²) >= 11 is 0. The molecule has 0 saturated heterocycles. The maximum Gasteiger partial charge on any atom is 0.254 e. The first-order valence-corrected chi connectivity index (χ1v) is 7.78. The molecule has 2 aromatic rings. The number of aryl methyl sites for hydroxylation is 1. The summed E-state index contributed by atoms with van der Waals surface area (Å²) in [6.07, 6.45) is 3.01. The number of nitrogens with one attached hydrogen (secondary N) is 1. The molecule has 0 saturated carbocycles. The van der Waals surface area contributed by atoms with Crippen molar-refractivity contribution in [3.8, 4) is 0 Å². The van der Waals surface area contributed by atoms with E-state index in [2.05, 4.69) is 10.4 Å². The number of amides is 1. The number of aromatic nitrogens is 2. The second kappa shape index (κ2) is 6.96. The molecule has 1 aromatic heterocycles. The number of ether oxygens (including phenoxy) is 1. The van der Waals surface area contributed by atoms with Crippen molar-refractivity contribution in [3.63, 3.8) is 0 Å². The molecular formula is C18H25N3O2. The van der Waals surface area contributed by atoms with Gasteiger partial charge in [0.15, 0.2) is 6.10 Å². The quantitative estimate of drug-likeness (QED) is 0.922. The number of rotatable bonds is 5. The molecule has 0 fully saturated rings. The van der Waals surface area contributed by atoms with Gasteiger partial charge in [0.2, 0.25) is 0 Å². The van der Waals surface area contributed by atoms with E-state index in [1.165, 1.54) is 0 Å².